The summed E-state index contributed by atoms with van der Waals surface area (Å²) in [5, 5.41) is 0.737. The fraction of sp³-hybridized carbons (Fsp3) is 0.400. The predicted octanol–water partition coefficient (Wildman–Crippen LogP) is 1.80. The maximum absolute atomic E-state index is 5.29. The first kappa shape index (κ1) is 11.1. The highest BCUT2D eigenvalue weighted by atomic mass is 32.1. The number of nitrogens with one attached hydrogen (secondary N) is 1. The molecule has 3 N–H and O–H groups in total. The third-order valence-electron chi connectivity index (χ3n) is 2.27. The van der Waals surface area contributed by atoms with Gasteiger partial charge in [-0.2, -0.15) is 0 Å². The monoisotopic (exact) mass is 237 g/mol. The van der Waals surface area contributed by atoms with Crippen LogP contribution in [0.25, 0.3) is 0 Å². The van der Waals surface area contributed by atoms with Crippen molar-refractivity contribution in [1.29, 1.82) is 0 Å². The highest BCUT2D eigenvalue weighted by Gasteiger charge is 2.08. The van der Waals surface area contributed by atoms with E-state index in [4.69, 9.17) is 5.84 Å². The summed E-state index contributed by atoms with van der Waals surface area (Å²) in [5.41, 5.74) is 2.55. The number of hydrogen-bond acceptors (Lipinski definition) is 5. The van der Waals surface area contributed by atoms with E-state index in [1.807, 2.05) is 18.6 Å². The Bertz CT molecular complexity index is 459. The number of nitrogens with two attached hydrogens (primary N) is 1. The van der Waals surface area contributed by atoms with Crippen molar-refractivity contribution in [3.05, 3.63) is 29.3 Å². The van der Waals surface area contributed by atoms with Gasteiger partial charge >= 0.3 is 0 Å². The van der Waals surface area contributed by atoms with E-state index in [0.29, 0.717) is 5.92 Å². The van der Waals surface area contributed by atoms with Crippen LogP contribution in [0.4, 0.5) is 5.13 Å². The zero-order valence-electron chi connectivity index (χ0n) is 9.34. The summed E-state index contributed by atoms with van der Waals surface area (Å²) in [7, 11) is 0. The topological polar surface area (TPSA) is 68.8 Å². The van der Waals surface area contributed by atoms with Crippen molar-refractivity contribution < 1.29 is 0 Å². The molecule has 2 aromatic heterocycles. The predicted molar refractivity (Wildman–Crippen MR) is 65.3 cm³/mol. The summed E-state index contributed by atoms with van der Waals surface area (Å²) in [6.07, 6.45) is 5.66. The molecule has 0 bridgehead atoms. The Labute approximate surface area is 98.3 Å². The van der Waals surface area contributed by atoms with Gasteiger partial charge in [0.25, 0.3) is 0 Å². The maximum atomic E-state index is 5.29. The molecule has 0 fully saturated rings. The van der Waals surface area contributed by atoms with E-state index in [9.17, 15) is 0 Å². The Morgan fingerprint density at radius 1 is 1.50 bits per heavy atom. The number of hydrazine groups is 1. The average Bonchev–Trinajstić information content (AvgIpc) is 2.87. The van der Waals surface area contributed by atoms with Crippen molar-refractivity contribution in [3.8, 4) is 0 Å². The van der Waals surface area contributed by atoms with Crippen LogP contribution in [0.2, 0.25) is 0 Å². The molecule has 0 aliphatic carbocycles. The molecule has 2 rings (SSSR count). The van der Waals surface area contributed by atoms with Crippen molar-refractivity contribution in [1.82, 2.24) is 14.5 Å². The SMILES string of the molecule is CC(C)c1nccn1Cc1cnc(NN)s1. The molecule has 6 heteroatoms. The molecule has 5 nitrogen and oxygen atoms in total. The van der Waals surface area contributed by atoms with E-state index in [1.165, 1.54) is 0 Å². The van der Waals surface area contributed by atoms with Gasteiger partial charge in [0.15, 0.2) is 5.13 Å². The summed E-state index contributed by atoms with van der Waals surface area (Å²) in [4.78, 5) is 9.64. The molecule has 0 radical (unpaired) electrons. The molecule has 0 amide bonds. The van der Waals surface area contributed by atoms with E-state index in [-0.39, 0.29) is 0 Å². The van der Waals surface area contributed by atoms with Crippen LogP contribution in [0.15, 0.2) is 18.6 Å². The minimum atomic E-state index is 0.426. The van der Waals surface area contributed by atoms with Gasteiger partial charge in [-0.05, 0) is 0 Å². The van der Waals surface area contributed by atoms with Crippen LogP contribution in [0.1, 0.15) is 30.5 Å². The van der Waals surface area contributed by atoms with Gasteiger partial charge in [0.05, 0.1) is 6.54 Å². The number of thiazole rings is 1. The molecule has 86 valence electrons. The van der Waals surface area contributed by atoms with Gasteiger partial charge in [0.2, 0.25) is 0 Å². The van der Waals surface area contributed by atoms with Crippen LogP contribution in [-0.4, -0.2) is 14.5 Å². The second-order valence-electron chi connectivity index (χ2n) is 3.84. The lowest BCUT2D eigenvalue weighted by atomic mass is 10.2. The van der Waals surface area contributed by atoms with Crippen LogP contribution >= 0.6 is 11.3 Å². The summed E-state index contributed by atoms with van der Waals surface area (Å²) in [5.74, 6) is 6.81. The lowest BCUT2D eigenvalue weighted by Gasteiger charge is -2.08. The molecule has 2 aromatic rings. The number of aromatic nitrogens is 3. The molecule has 0 saturated heterocycles. The Hall–Kier alpha value is -1.40. The molecule has 0 unspecified atom stereocenters. The van der Waals surface area contributed by atoms with Crippen molar-refractivity contribution in [3.63, 3.8) is 0 Å². The van der Waals surface area contributed by atoms with Gasteiger partial charge in [-0.25, -0.2) is 15.8 Å². The van der Waals surface area contributed by atoms with E-state index in [1.54, 1.807) is 11.3 Å². The minimum absolute atomic E-state index is 0.426. The molecule has 0 saturated carbocycles. The number of hydrogen-bond donors (Lipinski definition) is 2. The van der Waals surface area contributed by atoms with Gasteiger partial charge < -0.3 is 4.57 Å². The smallest absolute Gasteiger partial charge is 0.197 e. The van der Waals surface area contributed by atoms with Crippen molar-refractivity contribution in [2.75, 3.05) is 5.43 Å². The van der Waals surface area contributed by atoms with Gasteiger partial charge in [0.1, 0.15) is 5.82 Å². The summed E-state index contributed by atoms with van der Waals surface area (Å²) < 4.78 is 2.14. The lowest BCUT2D eigenvalue weighted by molar-refractivity contribution is 0.674. The molecule has 0 aliphatic rings. The molecular formula is C10H15N5S. The van der Waals surface area contributed by atoms with Crippen LogP contribution in [0.3, 0.4) is 0 Å². The maximum Gasteiger partial charge on any atom is 0.197 e. The number of rotatable bonds is 4. The van der Waals surface area contributed by atoms with E-state index in [0.717, 1.165) is 22.4 Å². The first-order valence-corrected chi connectivity index (χ1v) is 5.94. The van der Waals surface area contributed by atoms with Gasteiger partial charge in [-0.1, -0.05) is 25.2 Å². The molecule has 2 heterocycles. The second kappa shape index (κ2) is 4.63. The molecule has 0 atom stereocenters. The highest BCUT2D eigenvalue weighted by molar-refractivity contribution is 7.15. The summed E-state index contributed by atoms with van der Waals surface area (Å²) >= 11 is 1.56. The Balaban J connectivity index is 2.17. The van der Waals surface area contributed by atoms with Gasteiger partial charge in [0, 0.05) is 29.4 Å². The fourth-order valence-corrected chi connectivity index (χ4v) is 2.29. The molecule has 16 heavy (non-hydrogen) atoms. The molecular weight excluding hydrogens is 222 g/mol. The summed E-state index contributed by atoms with van der Waals surface area (Å²) in [6.45, 7) is 5.07. The fourth-order valence-electron chi connectivity index (χ4n) is 1.57. The quantitative estimate of drug-likeness (QED) is 0.628. The zero-order chi connectivity index (χ0) is 11.5. The Kier molecular flexibility index (Phi) is 3.21. The zero-order valence-corrected chi connectivity index (χ0v) is 10.2. The van der Waals surface area contributed by atoms with E-state index >= 15 is 0 Å². The number of anilines is 1. The lowest BCUT2D eigenvalue weighted by Crippen LogP contribution is -2.05. The molecule has 0 spiro atoms. The normalized spacial score (nSPS) is 11.0. The highest BCUT2D eigenvalue weighted by Crippen LogP contribution is 2.20. The third kappa shape index (κ3) is 2.23. The van der Waals surface area contributed by atoms with Crippen LogP contribution in [0.5, 0.6) is 0 Å². The standard InChI is InChI=1S/C10H15N5S/c1-7(2)9-12-3-4-15(9)6-8-5-13-10(14-11)16-8/h3-5,7H,6,11H2,1-2H3,(H,13,14). The molecule has 0 aromatic carbocycles. The van der Waals surface area contributed by atoms with E-state index < -0.39 is 0 Å². The Morgan fingerprint density at radius 2 is 2.31 bits per heavy atom. The summed E-state index contributed by atoms with van der Waals surface area (Å²) in [6, 6.07) is 0. The average molecular weight is 237 g/mol. The van der Waals surface area contributed by atoms with Crippen LogP contribution in [-0.2, 0) is 6.54 Å². The van der Waals surface area contributed by atoms with Crippen molar-refractivity contribution in [2.24, 2.45) is 5.84 Å². The van der Waals surface area contributed by atoms with E-state index in [2.05, 4.69) is 33.8 Å². The van der Waals surface area contributed by atoms with Crippen molar-refractivity contribution >= 4 is 16.5 Å². The third-order valence-corrected chi connectivity index (χ3v) is 3.18. The van der Waals surface area contributed by atoms with Gasteiger partial charge in [-0.3, -0.25) is 5.43 Å². The van der Waals surface area contributed by atoms with Crippen LogP contribution < -0.4 is 11.3 Å². The van der Waals surface area contributed by atoms with Gasteiger partial charge in [-0.15, -0.1) is 0 Å². The first-order chi connectivity index (χ1) is 7.70. The molecule has 0 aliphatic heterocycles. The second-order valence-corrected chi connectivity index (χ2v) is 4.96. The number of nitrogen functional groups attached to an aromatic ring is 1. The largest absolute Gasteiger partial charge is 0.329 e. The van der Waals surface area contributed by atoms with Crippen molar-refractivity contribution in [2.45, 2.75) is 26.3 Å². The number of imidazole rings is 1. The number of nitrogens with zero attached hydrogens (tertiary/aromatic N) is 3. The van der Waals surface area contributed by atoms with Crippen LogP contribution in [0, 0.1) is 0 Å². The Morgan fingerprint density at radius 3 is 2.94 bits per heavy atom. The minimum Gasteiger partial charge on any atom is -0.329 e. The first-order valence-electron chi connectivity index (χ1n) is 5.13.